The third-order valence-electron chi connectivity index (χ3n) is 10.1. The Morgan fingerprint density at radius 3 is 2.07 bits per heavy atom. The number of hydrogen-bond acceptors (Lipinski definition) is 5. The van der Waals surface area contributed by atoms with Crippen LogP contribution in [0, 0.1) is 5.41 Å². The minimum atomic E-state index is -0.390. The molecule has 2 unspecified atom stereocenters. The maximum Gasteiger partial charge on any atom is 0.159 e. The average molecular weight is 548 g/mol. The zero-order valence-electron chi connectivity index (χ0n) is 23.8. The lowest BCUT2D eigenvalue weighted by molar-refractivity contribution is 0.171. The molecule has 0 spiro atoms. The molecular weight excluding hydrogens is 518 g/mol. The van der Waals surface area contributed by atoms with Crippen molar-refractivity contribution in [2.75, 3.05) is 9.80 Å². The van der Waals surface area contributed by atoms with Gasteiger partial charge in [-0.25, -0.2) is 4.98 Å². The minimum absolute atomic E-state index is 0.143. The SMILES string of the molecule is C=CC1(C)c2ccc3c(oc4ccccc43)c2N2c3ncccc3N(c3cccc4c3oc3ccccc34)C2C1(C)C. The highest BCUT2D eigenvalue weighted by molar-refractivity contribution is 6.13. The Balaban J connectivity index is 1.41. The molecule has 0 radical (unpaired) electrons. The Morgan fingerprint density at radius 2 is 1.33 bits per heavy atom. The molecule has 0 N–H and O–H groups in total. The number of allylic oxidation sites excluding steroid dienone is 1. The first kappa shape index (κ1) is 23.7. The summed E-state index contributed by atoms with van der Waals surface area (Å²) in [5.74, 6) is 0.906. The van der Waals surface area contributed by atoms with Crippen molar-refractivity contribution in [2.24, 2.45) is 5.41 Å². The molecule has 0 aliphatic carbocycles. The van der Waals surface area contributed by atoms with Gasteiger partial charge in [0.25, 0.3) is 0 Å². The summed E-state index contributed by atoms with van der Waals surface area (Å²) in [7, 11) is 0. The van der Waals surface area contributed by atoms with E-state index in [-0.39, 0.29) is 11.6 Å². The van der Waals surface area contributed by atoms with E-state index in [2.05, 4.69) is 104 Å². The van der Waals surface area contributed by atoms with Gasteiger partial charge in [-0.3, -0.25) is 4.90 Å². The molecule has 0 fully saturated rings. The van der Waals surface area contributed by atoms with Crippen LogP contribution in [-0.4, -0.2) is 11.1 Å². The zero-order valence-corrected chi connectivity index (χ0v) is 23.8. The molecule has 5 nitrogen and oxygen atoms in total. The number of fused-ring (bicyclic) bond motifs is 12. The number of pyridine rings is 1. The lowest BCUT2D eigenvalue weighted by atomic mass is 9.58. The molecule has 204 valence electrons. The summed E-state index contributed by atoms with van der Waals surface area (Å²) in [6, 6.07) is 31.6. The van der Waals surface area contributed by atoms with Gasteiger partial charge in [-0.05, 0) is 35.9 Å². The monoisotopic (exact) mass is 547 g/mol. The second-order valence-electron chi connectivity index (χ2n) is 12.3. The third kappa shape index (κ3) is 2.67. The van der Waals surface area contributed by atoms with Crippen LogP contribution in [0.3, 0.4) is 0 Å². The summed E-state index contributed by atoms with van der Waals surface area (Å²) in [5, 5.41) is 4.43. The Hall–Kier alpha value is -5.03. The zero-order chi connectivity index (χ0) is 28.4. The van der Waals surface area contributed by atoms with Crippen LogP contribution in [0.5, 0.6) is 0 Å². The average Bonchev–Trinajstić information content (AvgIpc) is 3.69. The van der Waals surface area contributed by atoms with Crippen LogP contribution in [0.4, 0.5) is 22.9 Å². The molecule has 0 saturated carbocycles. The van der Waals surface area contributed by atoms with E-state index in [1.54, 1.807) is 0 Å². The van der Waals surface area contributed by atoms with Gasteiger partial charge >= 0.3 is 0 Å². The summed E-state index contributed by atoms with van der Waals surface area (Å²) >= 11 is 0. The normalized spacial score (nSPS) is 20.8. The molecule has 2 aliphatic rings. The maximum atomic E-state index is 6.69. The van der Waals surface area contributed by atoms with Crippen LogP contribution in [-0.2, 0) is 5.41 Å². The summed E-state index contributed by atoms with van der Waals surface area (Å²) in [6.45, 7) is 11.4. The highest BCUT2D eigenvalue weighted by Gasteiger charge is 2.60. The van der Waals surface area contributed by atoms with Crippen molar-refractivity contribution < 1.29 is 8.83 Å². The molecule has 42 heavy (non-hydrogen) atoms. The van der Waals surface area contributed by atoms with Gasteiger partial charge in [-0.1, -0.05) is 87.5 Å². The van der Waals surface area contributed by atoms with Gasteiger partial charge < -0.3 is 13.7 Å². The van der Waals surface area contributed by atoms with E-state index in [1.807, 2.05) is 36.5 Å². The molecule has 2 atom stereocenters. The standard InChI is InChI=1S/C37H29N3O2/c1-5-37(4)26-20-19-25-23-13-7-9-18-30(23)42-33(25)31(26)40-34-28(16-11-21-38-34)39(35(40)36(37,2)3)27-15-10-14-24-22-12-6-8-17-29(22)41-32(24)27/h5-21,35H,1H2,2-4H3. The quantitative estimate of drug-likeness (QED) is 0.202. The maximum absolute atomic E-state index is 6.69. The molecule has 0 bridgehead atoms. The first-order valence-electron chi connectivity index (χ1n) is 14.5. The highest BCUT2D eigenvalue weighted by atomic mass is 16.3. The lowest BCUT2D eigenvalue weighted by Gasteiger charge is -2.56. The lowest BCUT2D eigenvalue weighted by Crippen LogP contribution is -2.60. The summed E-state index contributed by atoms with van der Waals surface area (Å²) < 4.78 is 13.3. The van der Waals surface area contributed by atoms with Crippen molar-refractivity contribution in [3.63, 3.8) is 0 Å². The van der Waals surface area contributed by atoms with E-state index in [0.717, 1.165) is 66.8 Å². The molecule has 4 aromatic carbocycles. The number of anilines is 4. The predicted molar refractivity (Wildman–Crippen MR) is 171 cm³/mol. The van der Waals surface area contributed by atoms with Gasteiger partial charge in [0, 0.05) is 38.6 Å². The summed E-state index contributed by atoms with van der Waals surface area (Å²) in [4.78, 5) is 9.86. The van der Waals surface area contributed by atoms with Crippen LogP contribution in [0.15, 0.2) is 119 Å². The van der Waals surface area contributed by atoms with Gasteiger partial charge in [-0.15, -0.1) is 6.58 Å². The summed E-state index contributed by atoms with van der Waals surface area (Å²) in [6.07, 6.45) is 3.86. The second kappa shape index (κ2) is 7.83. The Kier molecular flexibility index (Phi) is 4.41. The van der Waals surface area contributed by atoms with Crippen molar-refractivity contribution >= 4 is 66.8 Å². The van der Waals surface area contributed by atoms with Crippen LogP contribution in [0.25, 0.3) is 43.9 Å². The van der Waals surface area contributed by atoms with Crippen molar-refractivity contribution in [1.29, 1.82) is 0 Å². The van der Waals surface area contributed by atoms with Gasteiger partial charge in [0.2, 0.25) is 0 Å². The largest absolute Gasteiger partial charge is 0.454 e. The Bertz CT molecular complexity index is 2260. The van der Waals surface area contributed by atoms with Crippen LogP contribution in [0.1, 0.15) is 26.3 Å². The fourth-order valence-electron chi connectivity index (χ4n) is 7.60. The Labute approximate surface area is 243 Å². The molecule has 2 aliphatic heterocycles. The number of aromatic nitrogens is 1. The van der Waals surface area contributed by atoms with Crippen molar-refractivity contribution in [3.05, 3.63) is 115 Å². The van der Waals surface area contributed by atoms with Crippen LogP contribution < -0.4 is 9.80 Å². The third-order valence-corrected chi connectivity index (χ3v) is 10.1. The van der Waals surface area contributed by atoms with E-state index in [9.17, 15) is 0 Å². The van der Waals surface area contributed by atoms with Gasteiger partial charge in [-0.2, -0.15) is 0 Å². The second-order valence-corrected chi connectivity index (χ2v) is 12.3. The molecule has 3 aromatic heterocycles. The molecule has 7 aromatic rings. The van der Waals surface area contributed by atoms with E-state index in [0.29, 0.717) is 0 Å². The van der Waals surface area contributed by atoms with Crippen molar-refractivity contribution in [1.82, 2.24) is 4.98 Å². The van der Waals surface area contributed by atoms with Crippen molar-refractivity contribution in [2.45, 2.75) is 32.4 Å². The number of benzene rings is 4. The fraction of sp³-hybridized carbons (Fsp3) is 0.162. The van der Waals surface area contributed by atoms with Gasteiger partial charge in [0.15, 0.2) is 17.0 Å². The summed E-state index contributed by atoms with van der Waals surface area (Å²) in [5.41, 5.74) is 7.10. The number of hydrogen-bond donors (Lipinski definition) is 0. The first-order chi connectivity index (χ1) is 20.4. The topological polar surface area (TPSA) is 45.7 Å². The van der Waals surface area contributed by atoms with E-state index in [1.165, 1.54) is 5.56 Å². The van der Waals surface area contributed by atoms with Crippen LogP contribution >= 0.6 is 0 Å². The highest BCUT2D eigenvalue weighted by Crippen LogP contribution is 2.64. The van der Waals surface area contributed by atoms with E-state index in [4.69, 9.17) is 13.8 Å². The first-order valence-corrected chi connectivity index (χ1v) is 14.5. The van der Waals surface area contributed by atoms with E-state index >= 15 is 0 Å². The van der Waals surface area contributed by atoms with Gasteiger partial charge in [0.1, 0.15) is 17.3 Å². The molecule has 0 amide bonds. The minimum Gasteiger partial charge on any atom is -0.454 e. The molecule has 0 saturated heterocycles. The number of furan rings is 2. The molecule has 9 rings (SSSR count). The van der Waals surface area contributed by atoms with E-state index < -0.39 is 5.41 Å². The number of rotatable bonds is 2. The van der Waals surface area contributed by atoms with Crippen molar-refractivity contribution in [3.8, 4) is 0 Å². The molecular formula is C37H29N3O2. The number of nitrogens with zero attached hydrogens (tertiary/aromatic N) is 3. The smallest absolute Gasteiger partial charge is 0.159 e. The molecule has 5 heterocycles. The fourth-order valence-corrected chi connectivity index (χ4v) is 7.60. The Morgan fingerprint density at radius 1 is 0.690 bits per heavy atom. The molecule has 5 heteroatoms. The van der Waals surface area contributed by atoms with Gasteiger partial charge in [0.05, 0.1) is 17.1 Å². The van der Waals surface area contributed by atoms with Crippen LogP contribution in [0.2, 0.25) is 0 Å². The predicted octanol–water partition coefficient (Wildman–Crippen LogP) is 9.98. The number of para-hydroxylation sites is 3.